The summed E-state index contributed by atoms with van der Waals surface area (Å²) in [6.07, 6.45) is 3.70. The van der Waals surface area contributed by atoms with Gasteiger partial charge in [0.2, 0.25) is 0 Å². The molecule has 0 radical (unpaired) electrons. The van der Waals surface area contributed by atoms with E-state index in [2.05, 4.69) is 23.8 Å². The Balaban J connectivity index is 2.26. The largest absolute Gasteiger partial charge is 0.337 e. The number of rotatable bonds is 2. The number of halogens is 1. The zero-order chi connectivity index (χ0) is 14.9. The van der Waals surface area contributed by atoms with Crippen molar-refractivity contribution in [2.75, 3.05) is 13.1 Å². The Bertz CT molecular complexity index is 514. The molecule has 0 aromatic carbocycles. The summed E-state index contributed by atoms with van der Waals surface area (Å²) in [5.74, 6) is 0.762. The van der Waals surface area contributed by atoms with Gasteiger partial charge in [-0.3, -0.25) is 4.79 Å². The average molecular weight is 296 g/mol. The van der Waals surface area contributed by atoms with Gasteiger partial charge in [0.1, 0.15) is 5.82 Å². The first kappa shape index (κ1) is 15.2. The second-order valence-electron chi connectivity index (χ2n) is 6.57. The predicted molar refractivity (Wildman–Crippen MR) is 80.0 cm³/mol. The lowest BCUT2D eigenvalue weighted by atomic mass is 9.84. The van der Waals surface area contributed by atoms with E-state index in [-0.39, 0.29) is 17.2 Å². The summed E-state index contributed by atoms with van der Waals surface area (Å²) in [7, 11) is 0. The Kier molecular flexibility index (Phi) is 4.33. The van der Waals surface area contributed by atoms with E-state index in [4.69, 9.17) is 11.6 Å². The molecular weight excluding hydrogens is 274 g/mol. The van der Waals surface area contributed by atoms with Crippen LogP contribution < -0.4 is 0 Å². The lowest BCUT2D eigenvalue weighted by Crippen LogP contribution is -2.44. The van der Waals surface area contributed by atoms with Gasteiger partial charge in [-0.05, 0) is 18.3 Å². The molecule has 2 rings (SSSR count). The molecule has 2 heterocycles. The van der Waals surface area contributed by atoms with E-state index in [1.165, 1.54) is 6.20 Å². The van der Waals surface area contributed by atoms with Crippen molar-refractivity contribution in [1.82, 2.24) is 14.9 Å². The second-order valence-corrected chi connectivity index (χ2v) is 6.98. The summed E-state index contributed by atoms with van der Waals surface area (Å²) in [5.41, 5.74) is 0.497. The fraction of sp³-hybridized carbons (Fsp3) is 0.667. The first-order chi connectivity index (χ1) is 9.30. The van der Waals surface area contributed by atoms with Crippen LogP contribution in [0.2, 0.25) is 5.02 Å². The van der Waals surface area contributed by atoms with Gasteiger partial charge in [-0.25, -0.2) is 9.97 Å². The molecule has 0 N–H and O–H groups in total. The zero-order valence-electron chi connectivity index (χ0n) is 12.6. The van der Waals surface area contributed by atoms with Crippen molar-refractivity contribution >= 4 is 17.5 Å². The zero-order valence-corrected chi connectivity index (χ0v) is 13.4. The third-order valence-electron chi connectivity index (χ3n) is 3.67. The minimum atomic E-state index is -0.0768. The minimum absolute atomic E-state index is 0.0768. The number of piperidine rings is 1. The molecule has 1 aliphatic rings. The van der Waals surface area contributed by atoms with Crippen molar-refractivity contribution in [2.45, 2.75) is 46.5 Å². The SMILES string of the molecule is CC(C)c1ncc(Cl)c(C(=O)N2CCCC(C)(C)C2)n1. The average Bonchev–Trinajstić information content (AvgIpc) is 2.37. The maximum Gasteiger partial charge on any atom is 0.274 e. The molecule has 0 unspecified atom stereocenters. The van der Waals surface area contributed by atoms with Gasteiger partial charge in [0.15, 0.2) is 5.69 Å². The molecule has 1 fully saturated rings. The number of hydrogen-bond acceptors (Lipinski definition) is 3. The number of carbonyl (C=O) groups excluding carboxylic acids is 1. The lowest BCUT2D eigenvalue weighted by Gasteiger charge is -2.38. The number of hydrogen-bond donors (Lipinski definition) is 0. The van der Waals surface area contributed by atoms with Crippen LogP contribution in [0.25, 0.3) is 0 Å². The Morgan fingerprint density at radius 3 is 2.75 bits per heavy atom. The molecule has 1 aliphatic heterocycles. The third kappa shape index (κ3) is 3.29. The number of amides is 1. The van der Waals surface area contributed by atoms with Crippen LogP contribution in [0.15, 0.2) is 6.20 Å². The summed E-state index contributed by atoms with van der Waals surface area (Å²) >= 11 is 6.11. The number of nitrogens with zero attached hydrogens (tertiary/aromatic N) is 3. The fourth-order valence-corrected chi connectivity index (χ4v) is 2.73. The highest BCUT2D eigenvalue weighted by Crippen LogP contribution is 2.30. The highest BCUT2D eigenvalue weighted by atomic mass is 35.5. The topological polar surface area (TPSA) is 46.1 Å². The second kappa shape index (κ2) is 5.68. The molecule has 1 aromatic heterocycles. The van der Waals surface area contributed by atoms with Crippen molar-refractivity contribution in [3.63, 3.8) is 0 Å². The van der Waals surface area contributed by atoms with Crippen LogP contribution >= 0.6 is 11.6 Å². The summed E-state index contributed by atoms with van der Waals surface area (Å²) in [6, 6.07) is 0. The van der Waals surface area contributed by atoms with E-state index >= 15 is 0 Å². The first-order valence-corrected chi connectivity index (χ1v) is 7.50. The maximum absolute atomic E-state index is 12.6. The molecule has 1 amide bonds. The van der Waals surface area contributed by atoms with Crippen molar-refractivity contribution in [2.24, 2.45) is 5.41 Å². The molecule has 110 valence electrons. The molecule has 0 saturated carbocycles. The maximum atomic E-state index is 12.6. The number of likely N-dealkylation sites (tertiary alicyclic amines) is 1. The number of aromatic nitrogens is 2. The van der Waals surface area contributed by atoms with Gasteiger partial charge in [0.05, 0.1) is 11.2 Å². The molecule has 20 heavy (non-hydrogen) atoms. The fourth-order valence-electron chi connectivity index (χ4n) is 2.56. The van der Waals surface area contributed by atoms with E-state index in [1.54, 1.807) is 0 Å². The predicted octanol–water partition coefficient (Wildman–Crippen LogP) is 3.52. The van der Waals surface area contributed by atoms with Crippen molar-refractivity contribution in [1.29, 1.82) is 0 Å². The Labute approximate surface area is 125 Å². The third-order valence-corrected chi connectivity index (χ3v) is 3.95. The Morgan fingerprint density at radius 2 is 2.15 bits per heavy atom. The highest BCUT2D eigenvalue weighted by molar-refractivity contribution is 6.33. The van der Waals surface area contributed by atoms with Crippen molar-refractivity contribution in [3.8, 4) is 0 Å². The monoisotopic (exact) mass is 295 g/mol. The van der Waals surface area contributed by atoms with E-state index in [9.17, 15) is 4.79 Å². The molecule has 0 spiro atoms. The van der Waals surface area contributed by atoms with Gasteiger partial charge in [0, 0.05) is 19.0 Å². The summed E-state index contributed by atoms with van der Waals surface area (Å²) in [4.78, 5) is 23.0. The first-order valence-electron chi connectivity index (χ1n) is 7.12. The van der Waals surface area contributed by atoms with Gasteiger partial charge in [0.25, 0.3) is 5.91 Å². The molecule has 1 aromatic rings. The minimum Gasteiger partial charge on any atom is -0.337 e. The van der Waals surface area contributed by atoms with Gasteiger partial charge in [-0.2, -0.15) is 0 Å². The van der Waals surface area contributed by atoms with Crippen molar-refractivity contribution in [3.05, 3.63) is 22.7 Å². The van der Waals surface area contributed by atoms with Crippen LogP contribution in [0.4, 0.5) is 0 Å². The molecular formula is C15H22ClN3O. The van der Waals surface area contributed by atoms with Crippen LogP contribution in [0.3, 0.4) is 0 Å². The van der Waals surface area contributed by atoms with Crippen LogP contribution in [-0.4, -0.2) is 33.9 Å². The molecule has 0 bridgehead atoms. The Morgan fingerprint density at radius 1 is 1.45 bits per heavy atom. The van der Waals surface area contributed by atoms with Crippen LogP contribution in [0, 0.1) is 5.41 Å². The van der Waals surface area contributed by atoms with Crippen LogP contribution in [0.5, 0.6) is 0 Å². The quantitative estimate of drug-likeness (QED) is 0.838. The molecule has 0 aliphatic carbocycles. The van der Waals surface area contributed by atoms with E-state index in [0.29, 0.717) is 16.5 Å². The van der Waals surface area contributed by atoms with Crippen LogP contribution in [0.1, 0.15) is 62.8 Å². The summed E-state index contributed by atoms with van der Waals surface area (Å²) in [5, 5.41) is 0.336. The van der Waals surface area contributed by atoms with Gasteiger partial charge in [-0.1, -0.05) is 39.3 Å². The highest BCUT2D eigenvalue weighted by Gasteiger charge is 2.31. The molecule has 1 saturated heterocycles. The smallest absolute Gasteiger partial charge is 0.274 e. The summed E-state index contributed by atoms with van der Waals surface area (Å²) < 4.78 is 0. The summed E-state index contributed by atoms with van der Waals surface area (Å²) in [6.45, 7) is 9.91. The van der Waals surface area contributed by atoms with Gasteiger partial charge >= 0.3 is 0 Å². The standard InChI is InChI=1S/C15H22ClN3O/c1-10(2)13-17-8-11(16)12(18-13)14(20)19-7-5-6-15(3,4)9-19/h8,10H,5-7,9H2,1-4H3. The Hall–Kier alpha value is -1.16. The van der Waals surface area contributed by atoms with Gasteiger partial charge in [-0.15, -0.1) is 0 Å². The normalized spacial score (nSPS) is 18.4. The molecule has 0 atom stereocenters. The molecule has 4 nitrogen and oxygen atoms in total. The lowest BCUT2D eigenvalue weighted by molar-refractivity contribution is 0.0577. The van der Waals surface area contributed by atoms with Crippen molar-refractivity contribution < 1.29 is 4.79 Å². The van der Waals surface area contributed by atoms with E-state index in [1.807, 2.05) is 18.7 Å². The molecule has 5 heteroatoms. The van der Waals surface area contributed by atoms with E-state index < -0.39 is 0 Å². The van der Waals surface area contributed by atoms with E-state index in [0.717, 1.165) is 25.9 Å². The van der Waals surface area contributed by atoms with Gasteiger partial charge < -0.3 is 4.90 Å². The number of carbonyl (C=O) groups is 1. The van der Waals surface area contributed by atoms with Crippen LogP contribution in [-0.2, 0) is 0 Å².